The van der Waals surface area contributed by atoms with Gasteiger partial charge in [-0.1, -0.05) is 18.2 Å². The van der Waals surface area contributed by atoms with E-state index in [4.69, 9.17) is 0 Å². The largest absolute Gasteiger partial charge is 0.381 e. The van der Waals surface area contributed by atoms with E-state index in [9.17, 15) is 8.78 Å². The van der Waals surface area contributed by atoms with Gasteiger partial charge in [0.2, 0.25) is 0 Å². The molecule has 5 heteroatoms. The average molecular weight is 367 g/mol. The van der Waals surface area contributed by atoms with Crippen molar-refractivity contribution in [1.82, 2.24) is 9.88 Å². The maximum atomic E-state index is 14.2. The van der Waals surface area contributed by atoms with Crippen LogP contribution >= 0.6 is 0 Å². The number of likely N-dealkylation sites (tertiary alicyclic amines) is 1. The van der Waals surface area contributed by atoms with Gasteiger partial charge < -0.3 is 5.32 Å². The van der Waals surface area contributed by atoms with Crippen LogP contribution in [0.25, 0.3) is 10.8 Å². The molecule has 1 unspecified atom stereocenters. The summed E-state index contributed by atoms with van der Waals surface area (Å²) in [4.78, 5) is 6.34. The number of halogens is 2. The van der Waals surface area contributed by atoms with Crippen LogP contribution in [-0.2, 0) is 6.54 Å². The first-order valence-electron chi connectivity index (χ1n) is 9.36. The number of nitrogens with zero attached hydrogens (tertiary/aromatic N) is 2. The summed E-state index contributed by atoms with van der Waals surface area (Å²) in [6.45, 7) is 3.73. The highest BCUT2D eigenvalue weighted by molar-refractivity contribution is 5.84. The van der Waals surface area contributed by atoms with Gasteiger partial charge in [-0.25, -0.2) is 8.78 Å². The van der Waals surface area contributed by atoms with Gasteiger partial charge in [0, 0.05) is 48.2 Å². The molecule has 1 fully saturated rings. The van der Waals surface area contributed by atoms with E-state index in [0.717, 1.165) is 42.4 Å². The van der Waals surface area contributed by atoms with Crippen molar-refractivity contribution in [3.8, 4) is 0 Å². The Kier molecular flexibility index (Phi) is 5.03. The van der Waals surface area contributed by atoms with E-state index in [-0.39, 0.29) is 6.04 Å². The zero-order chi connectivity index (χ0) is 18.8. The van der Waals surface area contributed by atoms with Crippen molar-refractivity contribution in [3.05, 3.63) is 71.6 Å². The molecule has 27 heavy (non-hydrogen) atoms. The molecule has 0 amide bonds. The molecule has 0 bridgehead atoms. The molecule has 140 valence electrons. The second kappa shape index (κ2) is 7.61. The molecule has 1 aromatic heterocycles. The van der Waals surface area contributed by atoms with E-state index in [1.807, 2.05) is 12.3 Å². The Morgan fingerprint density at radius 2 is 2.00 bits per heavy atom. The molecule has 2 heterocycles. The number of benzene rings is 2. The average Bonchev–Trinajstić information content (AvgIpc) is 2.69. The number of hydrogen-bond acceptors (Lipinski definition) is 3. The first-order chi connectivity index (χ1) is 13.1. The fourth-order valence-corrected chi connectivity index (χ4v) is 3.77. The molecule has 1 saturated heterocycles. The number of anilines is 1. The van der Waals surface area contributed by atoms with Gasteiger partial charge in [-0.2, -0.15) is 0 Å². The Morgan fingerprint density at radius 1 is 1.11 bits per heavy atom. The molecule has 2 aromatic carbocycles. The summed E-state index contributed by atoms with van der Waals surface area (Å²) in [7, 11) is 0. The molecule has 0 radical (unpaired) electrons. The third kappa shape index (κ3) is 3.93. The summed E-state index contributed by atoms with van der Waals surface area (Å²) >= 11 is 0. The van der Waals surface area contributed by atoms with Crippen molar-refractivity contribution in [2.24, 2.45) is 0 Å². The molecular weight excluding hydrogens is 344 g/mol. The van der Waals surface area contributed by atoms with Crippen molar-refractivity contribution < 1.29 is 8.78 Å². The maximum Gasteiger partial charge on any atom is 0.163 e. The van der Waals surface area contributed by atoms with Gasteiger partial charge in [0.1, 0.15) is 0 Å². The van der Waals surface area contributed by atoms with Crippen LogP contribution in [0.15, 0.2) is 48.8 Å². The Hall–Kier alpha value is -2.53. The predicted octanol–water partition coefficient (Wildman–Crippen LogP) is 4.90. The van der Waals surface area contributed by atoms with Gasteiger partial charge >= 0.3 is 0 Å². The molecule has 0 spiro atoms. The lowest BCUT2D eigenvalue weighted by atomic mass is 10.0. The second-order valence-corrected chi connectivity index (χ2v) is 7.33. The normalized spacial score (nSPS) is 18.0. The molecule has 0 aliphatic carbocycles. The van der Waals surface area contributed by atoms with Gasteiger partial charge in [0.05, 0.1) is 0 Å². The first kappa shape index (κ1) is 17.9. The SMILES string of the molecule is Cc1ccc(CN2CCCC(Nc3ccc4cnccc4c3)C2)c(F)c1F. The van der Waals surface area contributed by atoms with Crippen molar-refractivity contribution in [1.29, 1.82) is 0 Å². The number of piperidine rings is 1. The summed E-state index contributed by atoms with van der Waals surface area (Å²) in [6.07, 6.45) is 5.75. The van der Waals surface area contributed by atoms with Crippen LogP contribution in [0.5, 0.6) is 0 Å². The monoisotopic (exact) mass is 367 g/mol. The van der Waals surface area contributed by atoms with Gasteiger partial charge in [0.15, 0.2) is 11.6 Å². The lowest BCUT2D eigenvalue weighted by Gasteiger charge is -2.34. The predicted molar refractivity (Wildman–Crippen MR) is 105 cm³/mol. The number of nitrogens with one attached hydrogen (secondary N) is 1. The molecule has 3 aromatic rings. The van der Waals surface area contributed by atoms with E-state index in [2.05, 4.69) is 33.4 Å². The smallest absolute Gasteiger partial charge is 0.163 e. The molecule has 0 saturated carbocycles. The van der Waals surface area contributed by atoms with Crippen molar-refractivity contribution in [2.75, 3.05) is 18.4 Å². The zero-order valence-electron chi connectivity index (χ0n) is 15.4. The van der Waals surface area contributed by atoms with Crippen molar-refractivity contribution in [3.63, 3.8) is 0 Å². The highest BCUT2D eigenvalue weighted by atomic mass is 19.2. The lowest BCUT2D eigenvalue weighted by molar-refractivity contribution is 0.205. The Morgan fingerprint density at radius 3 is 2.89 bits per heavy atom. The molecule has 3 nitrogen and oxygen atoms in total. The van der Waals surface area contributed by atoms with Gasteiger partial charge in [0.25, 0.3) is 0 Å². The van der Waals surface area contributed by atoms with Crippen LogP contribution in [0, 0.1) is 18.6 Å². The van der Waals surface area contributed by atoms with Crippen molar-refractivity contribution in [2.45, 2.75) is 32.4 Å². The summed E-state index contributed by atoms with van der Waals surface area (Å²) in [5, 5.41) is 5.86. The van der Waals surface area contributed by atoms with Crippen LogP contribution in [0.2, 0.25) is 0 Å². The van der Waals surface area contributed by atoms with Crippen LogP contribution in [0.3, 0.4) is 0 Å². The number of aromatic nitrogens is 1. The maximum absolute atomic E-state index is 14.2. The van der Waals surface area contributed by atoms with E-state index < -0.39 is 11.6 Å². The Balaban J connectivity index is 1.44. The van der Waals surface area contributed by atoms with Gasteiger partial charge in [-0.15, -0.1) is 0 Å². The Bertz CT molecular complexity index is 957. The molecular formula is C22H23F2N3. The fraction of sp³-hybridized carbons (Fsp3) is 0.318. The standard InChI is InChI=1S/C22H23F2N3/c1-15-4-5-18(22(24)21(15)23)13-27-10-2-3-20(14-27)26-19-7-6-17-12-25-9-8-16(17)11-19/h4-9,11-12,20,26H,2-3,10,13-14H2,1H3. The third-order valence-electron chi connectivity index (χ3n) is 5.27. The van der Waals surface area contributed by atoms with Crippen LogP contribution in [0.1, 0.15) is 24.0 Å². The van der Waals surface area contributed by atoms with E-state index in [0.29, 0.717) is 17.7 Å². The summed E-state index contributed by atoms with van der Waals surface area (Å²) < 4.78 is 28.0. The lowest BCUT2D eigenvalue weighted by Crippen LogP contribution is -2.41. The molecule has 1 aliphatic rings. The van der Waals surface area contributed by atoms with E-state index in [1.54, 1.807) is 25.3 Å². The molecule has 4 rings (SSSR count). The van der Waals surface area contributed by atoms with Gasteiger partial charge in [-0.3, -0.25) is 9.88 Å². The minimum Gasteiger partial charge on any atom is -0.381 e. The number of pyridine rings is 1. The minimum atomic E-state index is -0.732. The highest BCUT2D eigenvalue weighted by Crippen LogP contribution is 2.23. The number of fused-ring (bicyclic) bond motifs is 1. The fourth-order valence-electron chi connectivity index (χ4n) is 3.77. The van der Waals surface area contributed by atoms with Gasteiger partial charge in [-0.05, 0) is 55.5 Å². The quantitative estimate of drug-likeness (QED) is 0.711. The number of rotatable bonds is 4. The van der Waals surface area contributed by atoms with Crippen LogP contribution in [0.4, 0.5) is 14.5 Å². The molecule has 1 aliphatic heterocycles. The third-order valence-corrected chi connectivity index (χ3v) is 5.27. The zero-order valence-corrected chi connectivity index (χ0v) is 15.4. The second-order valence-electron chi connectivity index (χ2n) is 7.33. The summed E-state index contributed by atoms with van der Waals surface area (Å²) in [6, 6.07) is 11.9. The van der Waals surface area contributed by atoms with Crippen LogP contribution in [-0.4, -0.2) is 29.0 Å². The van der Waals surface area contributed by atoms with E-state index in [1.165, 1.54) is 0 Å². The minimum absolute atomic E-state index is 0.288. The number of hydrogen-bond donors (Lipinski definition) is 1. The highest BCUT2D eigenvalue weighted by Gasteiger charge is 2.22. The summed E-state index contributed by atoms with van der Waals surface area (Å²) in [5.41, 5.74) is 1.85. The topological polar surface area (TPSA) is 28.2 Å². The Labute approximate surface area is 158 Å². The molecule has 1 N–H and O–H groups in total. The van der Waals surface area contributed by atoms with E-state index >= 15 is 0 Å². The molecule has 1 atom stereocenters. The van der Waals surface area contributed by atoms with Crippen LogP contribution < -0.4 is 5.32 Å². The number of aryl methyl sites for hydroxylation is 1. The van der Waals surface area contributed by atoms with Crippen molar-refractivity contribution >= 4 is 16.5 Å². The first-order valence-corrected chi connectivity index (χ1v) is 9.36. The summed E-state index contributed by atoms with van der Waals surface area (Å²) in [5.74, 6) is -1.45.